The van der Waals surface area contributed by atoms with Crippen LogP contribution in [0.2, 0.25) is 10.0 Å². The Balaban J connectivity index is 1.95. The van der Waals surface area contributed by atoms with Gasteiger partial charge in [-0.25, -0.2) is 9.79 Å². The van der Waals surface area contributed by atoms with Crippen molar-refractivity contribution >= 4 is 46.6 Å². The summed E-state index contributed by atoms with van der Waals surface area (Å²) < 4.78 is 18.9. The van der Waals surface area contributed by atoms with Gasteiger partial charge in [-0.2, -0.15) is 0 Å². The summed E-state index contributed by atoms with van der Waals surface area (Å²) in [7, 11) is 0. The lowest BCUT2D eigenvalue weighted by atomic mass is 9.95. The van der Waals surface area contributed by atoms with Crippen molar-refractivity contribution in [3.63, 3.8) is 0 Å². The Hall–Kier alpha value is -3.07. The lowest BCUT2D eigenvalue weighted by molar-refractivity contribution is -0.139. The van der Waals surface area contributed by atoms with Gasteiger partial charge in [0.25, 0.3) is 5.56 Å². The van der Waals surface area contributed by atoms with E-state index in [2.05, 4.69) is 4.99 Å². The van der Waals surface area contributed by atoms with Crippen LogP contribution in [0.4, 0.5) is 0 Å². The molecule has 38 heavy (non-hydrogen) atoms. The number of carbonyl (C=O) groups is 1. The predicted octanol–water partition coefficient (Wildman–Crippen LogP) is 5.29. The number of hydrogen-bond donors (Lipinski definition) is 0. The molecule has 0 fully saturated rings. The van der Waals surface area contributed by atoms with Crippen LogP contribution in [-0.4, -0.2) is 29.9 Å². The number of esters is 1. The Kier molecular flexibility index (Phi) is 8.65. The SMILES string of the molecule is CCOC(=O)C1=C(C)N=c2s/c(=C/c3cc(Cl)c(OCC)c(Cl)c3)c(=O)n2[C@H]1c1ccccc1OC(C)C. The maximum absolute atomic E-state index is 13.9. The van der Waals surface area contributed by atoms with Gasteiger partial charge in [0.1, 0.15) is 11.8 Å². The maximum Gasteiger partial charge on any atom is 0.338 e. The molecular formula is C28H28Cl2N2O5S. The van der Waals surface area contributed by atoms with Gasteiger partial charge in [0.15, 0.2) is 10.6 Å². The molecule has 10 heteroatoms. The first-order chi connectivity index (χ1) is 18.2. The molecule has 0 saturated carbocycles. The fourth-order valence-corrected chi connectivity index (χ4v) is 5.91. The molecule has 1 aromatic heterocycles. The van der Waals surface area contributed by atoms with Crippen molar-refractivity contribution in [2.45, 2.75) is 46.8 Å². The number of fused-ring (bicyclic) bond motifs is 1. The molecule has 0 spiro atoms. The highest BCUT2D eigenvalue weighted by atomic mass is 35.5. The first kappa shape index (κ1) is 28.0. The summed E-state index contributed by atoms with van der Waals surface area (Å²) in [5.74, 6) is 0.437. The van der Waals surface area contributed by atoms with Crippen molar-refractivity contribution in [2.75, 3.05) is 13.2 Å². The fraction of sp³-hybridized carbons (Fsp3) is 0.321. The van der Waals surface area contributed by atoms with Gasteiger partial charge in [-0.05, 0) is 64.5 Å². The molecule has 0 bridgehead atoms. The highest BCUT2D eigenvalue weighted by Gasteiger charge is 2.35. The summed E-state index contributed by atoms with van der Waals surface area (Å²) in [4.78, 5) is 32.1. The molecule has 0 unspecified atom stereocenters. The number of benzene rings is 2. The van der Waals surface area contributed by atoms with Crippen LogP contribution in [0.1, 0.15) is 51.8 Å². The maximum atomic E-state index is 13.9. The Morgan fingerprint density at radius 1 is 1.16 bits per heavy atom. The van der Waals surface area contributed by atoms with Crippen molar-refractivity contribution in [3.05, 3.63) is 88.5 Å². The van der Waals surface area contributed by atoms with E-state index < -0.39 is 12.0 Å². The van der Waals surface area contributed by atoms with Crippen LogP contribution in [0.5, 0.6) is 11.5 Å². The van der Waals surface area contributed by atoms with Crippen molar-refractivity contribution in [2.24, 2.45) is 4.99 Å². The second-order valence-corrected chi connectivity index (χ2v) is 10.6. The molecule has 7 nitrogen and oxygen atoms in total. The van der Waals surface area contributed by atoms with E-state index >= 15 is 0 Å². The van der Waals surface area contributed by atoms with Crippen molar-refractivity contribution < 1.29 is 19.0 Å². The first-order valence-electron chi connectivity index (χ1n) is 12.2. The molecule has 3 aromatic rings. The third-order valence-electron chi connectivity index (χ3n) is 5.70. The van der Waals surface area contributed by atoms with Crippen LogP contribution in [0.15, 0.2) is 57.5 Å². The van der Waals surface area contributed by atoms with Crippen LogP contribution >= 0.6 is 34.5 Å². The van der Waals surface area contributed by atoms with E-state index in [1.807, 2.05) is 45.0 Å². The molecule has 1 aliphatic rings. The van der Waals surface area contributed by atoms with Crippen molar-refractivity contribution in [1.29, 1.82) is 0 Å². The number of aromatic nitrogens is 1. The lowest BCUT2D eigenvalue weighted by Crippen LogP contribution is -2.40. The highest BCUT2D eigenvalue weighted by molar-refractivity contribution is 7.07. The number of thiazole rings is 1. The third-order valence-corrected chi connectivity index (χ3v) is 7.24. The monoisotopic (exact) mass is 574 g/mol. The van der Waals surface area contributed by atoms with Crippen molar-refractivity contribution in [1.82, 2.24) is 4.57 Å². The van der Waals surface area contributed by atoms with Crippen LogP contribution in [0.3, 0.4) is 0 Å². The molecule has 0 N–H and O–H groups in total. The quantitative estimate of drug-likeness (QED) is 0.341. The summed E-state index contributed by atoms with van der Waals surface area (Å²) >= 11 is 14.0. The molecule has 1 aliphatic heterocycles. The van der Waals surface area contributed by atoms with E-state index in [1.165, 1.54) is 15.9 Å². The van der Waals surface area contributed by atoms with E-state index in [0.717, 1.165) is 0 Å². The number of hydrogen-bond acceptors (Lipinski definition) is 7. The largest absolute Gasteiger partial charge is 0.491 e. The second-order valence-electron chi connectivity index (χ2n) is 8.75. The zero-order chi connectivity index (χ0) is 27.6. The van der Waals surface area contributed by atoms with Crippen LogP contribution < -0.4 is 24.4 Å². The predicted molar refractivity (Wildman–Crippen MR) is 150 cm³/mol. The lowest BCUT2D eigenvalue weighted by Gasteiger charge is -2.26. The topological polar surface area (TPSA) is 79.1 Å². The minimum atomic E-state index is -0.782. The number of rotatable bonds is 8. The Bertz CT molecular complexity index is 1570. The van der Waals surface area contributed by atoms with Gasteiger partial charge in [-0.3, -0.25) is 9.36 Å². The van der Waals surface area contributed by atoms with E-state index in [-0.39, 0.29) is 23.8 Å². The molecular weight excluding hydrogens is 547 g/mol. The van der Waals surface area contributed by atoms with E-state index in [9.17, 15) is 9.59 Å². The van der Waals surface area contributed by atoms with E-state index in [0.29, 0.717) is 54.3 Å². The first-order valence-corrected chi connectivity index (χ1v) is 13.8. The van der Waals surface area contributed by atoms with Gasteiger partial charge in [-0.1, -0.05) is 52.7 Å². The van der Waals surface area contributed by atoms with Gasteiger partial charge in [-0.15, -0.1) is 0 Å². The molecule has 4 rings (SSSR count). The summed E-state index contributed by atoms with van der Waals surface area (Å²) in [5, 5.41) is 0.688. The van der Waals surface area contributed by atoms with Gasteiger partial charge in [0.2, 0.25) is 0 Å². The average molecular weight is 576 g/mol. The zero-order valence-electron chi connectivity index (χ0n) is 21.7. The third kappa shape index (κ3) is 5.53. The summed E-state index contributed by atoms with van der Waals surface area (Å²) in [6, 6.07) is 9.97. The van der Waals surface area contributed by atoms with E-state index in [4.69, 9.17) is 37.4 Å². The van der Waals surface area contributed by atoms with Gasteiger partial charge >= 0.3 is 5.97 Å². The number of carbonyl (C=O) groups excluding carboxylic acids is 1. The number of ether oxygens (including phenoxy) is 3. The summed E-state index contributed by atoms with van der Waals surface area (Å²) in [6.07, 6.45) is 1.59. The van der Waals surface area contributed by atoms with Crippen LogP contribution in [0.25, 0.3) is 6.08 Å². The Morgan fingerprint density at radius 3 is 2.47 bits per heavy atom. The number of halogens is 2. The molecule has 200 valence electrons. The zero-order valence-corrected chi connectivity index (χ0v) is 24.0. The summed E-state index contributed by atoms with van der Waals surface area (Å²) in [6.45, 7) is 9.77. The highest BCUT2D eigenvalue weighted by Crippen LogP contribution is 2.37. The molecule has 0 amide bonds. The smallest absolute Gasteiger partial charge is 0.338 e. The molecule has 0 saturated heterocycles. The van der Waals surface area contributed by atoms with Gasteiger partial charge in [0.05, 0.1) is 45.2 Å². The number of para-hydroxylation sites is 1. The van der Waals surface area contributed by atoms with Crippen LogP contribution in [0, 0.1) is 0 Å². The Labute approximate surface area is 234 Å². The second kappa shape index (κ2) is 11.8. The minimum Gasteiger partial charge on any atom is -0.491 e. The molecule has 1 atom stereocenters. The Morgan fingerprint density at radius 2 is 1.84 bits per heavy atom. The molecule has 0 radical (unpaired) electrons. The number of allylic oxidation sites excluding steroid dienone is 1. The van der Waals surface area contributed by atoms with Crippen molar-refractivity contribution in [3.8, 4) is 11.5 Å². The van der Waals surface area contributed by atoms with Crippen LogP contribution in [-0.2, 0) is 9.53 Å². The minimum absolute atomic E-state index is 0.114. The van der Waals surface area contributed by atoms with E-state index in [1.54, 1.807) is 32.1 Å². The standard InChI is InChI=1S/C28H28Cl2N2O5S/c1-6-35-25-19(29)12-17(13-20(25)30)14-22-26(33)32-24(18-10-8-9-11-21(18)37-15(3)4)23(27(34)36-7-2)16(5)31-28(32)38-22/h8-15,24H,6-7H2,1-5H3/b22-14+/t24-/m0/s1. The average Bonchev–Trinajstić information content (AvgIpc) is 3.15. The molecule has 2 heterocycles. The van der Waals surface area contributed by atoms with Gasteiger partial charge < -0.3 is 14.2 Å². The summed E-state index contributed by atoms with van der Waals surface area (Å²) in [5.41, 5.74) is 1.76. The number of nitrogens with zero attached hydrogens (tertiary/aromatic N) is 2. The fourth-order valence-electron chi connectivity index (χ4n) is 4.25. The normalized spacial score (nSPS) is 15.4. The molecule has 0 aliphatic carbocycles. The molecule has 2 aromatic carbocycles. The van der Waals surface area contributed by atoms with Gasteiger partial charge in [0, 0.05) is 5.56 Å².